The second kappa shape index (κ2) is 8.76. The molecule has 1 atom stereocenters. The lowest BCUT2D eigenvalue weighted by Crippen LogP contribution is -2.44. The van der Waals surface area contributed by atoms with Crippen LogP contribution in [0.25, 0.3) is 0 Å². The van der Waals surface area contributed by atoms with Crippen LogP contribution in [0.4, 0.5) is 4.39 Å². The van der Waals surface area contributed by atoms with E-state index < -0.39 is 9.84 Å². The molecule has 0 radical (unpaired) electrons. The van der Waals surface area contributed by atoms with E-state index in [0.717, 1.165) is 12.8 Å². The number of benzene rings is 1. The van der Waals surface area contributed by atoms with E-state index in [0.29, 0.717) is 24.1 Å². The van der Waals surface area contributed by atoms with Gasteiger partial charge in [-0.2, -0.15) is 0 Å². The molecule has 1 N–H and O–H groups in total. The molecule has 0 saturated carbocycles. The van der Waals surface area contributed by atoms with Gasteiger partial charge in [0.2, 0.25) is 5.91 Å². The minimum absolute atomic E-state index is 0.0841. The average Bonchev–Trinajstić information content (AvgIpc) is 2.92. The molecular formula is C18H27FN2O3S. The first-order chi connectivity index (χ1) is 11.8. The lowest BCUT2D eigenvalue weighted by atomic mass is 10.1. The first-order valence-electron chi connectivity index (χ1n) is 8.77. The van der Waals surface area contributed by atoms with Crippen LogP contribution in [0.2, 0.25) is 0 Å². The van der Waals surface area contributed by atoms with Gasteiger partial charge in [-0.3, -0.25) is 9.69 Å². The Morgan fingerprint density at radius 3 is 2.76 bits per heavy atom. The fraction of sp³-hybridized carbons (Fsp3) is 0.611. The number of carbonyl (C=O) groups excluding carboxylic acids is 1. The molecule has 0 spiro atoms. The van der Waals surface area contributed by atoms with Crippen molar-refractivity contribution >= 4 is 15.7 Å². The molecule has 7 heteroatoms. The van der Waals surface area contributed by atoms with Crippen molar-refractivity contribution in [3.05, 3.63) is 35.1 Å². The highest BCUT2D eigenvalue weighted by atomic mass is 32.2. The fourth-order valence-corrected chi connectivity index (χ4v) is 4.76. The zero-order valence-electron chi connectivity index (χ0n) is 14.9. The highest BCUT2D eigenvalue weighted by Gasteiger charge is 2.32. The van der Waals surface area contributed by atoms with Crippen molar-refractivity contribution in [1.82, 2.24) is 10.2 Å². The van der Waals surface area contributed by atoms with Gasteiger partial charge in [-0.15, -0.1) is 0 Å². The molecule has 1 aromatic carbocycles. The largest absolute Gasteiger partial charge is 0.351 e. The summed E-state index contributed by atoms with van der Waals surface area (Å²) in [4.78, 5) is 14.2. The summed E-state index contributed by atoms with van der Waals surface area (Å²) in [6.07, 6.45) is 2.50. The Balaban J connectivity index is 1.91. The number of nitrogens with zero attached hydrogens (tertiary/aromatic N) is 1. The van der Waals surface area contributed by atoms with Gasteiger partial charge in [0.15, 0.2) is 9.84 Å². The van der Waals surface area contributed by atoms with E-state index in [1.165, 1.54) is 6.07 Å². The third kappa shape index (κ3) is 6.08. The van der Waals surface area contributed by atoms with Crippen molar-refractivity contribution in [2.75, 3.05) is 24.6 Å². The number of unbranched alkanes of at least 4 members (excludes halogenated alkanes) is 1. The van der Waals surface area contributed by atoms with Crippen molar-refractivity contribution in [3.8, 4) is 0 Å². The van der Waals surface area contributed by atoms with Gasteiger partial charge in [-0.1, -0.05) is 25.5 Å². The Bertz CT molecular complexity index is 706. The number of nitrogens with one attached hydrogen (secondary N) is 1. The summed E-state index contributed by atoms with van der Waals surface area (Å²) in [5.41, 5.74) is 1.28. The molecule has 25 heavy (non-hydrogen) atoms. The summed E-state index contributed by atoms with van der Waals surface area (Å²) in [6, 6.07) is 4.82. The molecule has 1 heterocycles. The fourth-order valence-electron chi connectivity index (χ4n) is 3.00. The second-order valence-electron chi connectivity index (χ2n) is 6.74. The lowest BCUT2D eigenvalue weighted by Gasteiger charge is -2.27. The maximum atomic E-state index is 13.6. The number of aryl methyl sites for hydroxylation is 1. The molecule has 2 rings (SSSR count). The third-order valence-electron chi connectivity index (χ3n) is 4.60. The summed E-state index contributed by atoms with van der Waals surface area (Å²) in [7, 11) is -2.98. The number of carbonyl (C=O) groups is 1. The van der Waals surface area contributed by atoms with Gasteiger partial charge in [-0.05, 0) is 43.5 Å². The SMILES string of the molecule is CCCCN(CC(=O)NCc1ccc(C)c(F)c1)C1CCS(=O)(=O)C1. The van der Waals surface area contributed by atoms with Gasteiger partial charge in [0.1, 0.15) is 5.82 Å². The van der Waals surface area contributed by atoms with Crippen LogP contribution in [0.15, 0.2) is 18.2 Å². The smallest absolute Gasteiger partial charge is 0.234 e. The number of hydrogen-bond acceptors (Lipinski definition) is 4. The average molecular weight is 370 g/mol. The number of sulfone groups is 1. The Morgan fingerprint density at radius 2 is 2.16 bits per heavy atom. The molecule has 1 aliphatic heterocycles. The summed E-state index contributed by atoms with van der Waals surface area (Å²) < 4.78 is 37.0. The van der Waals surface area contributed by atoms with Crippen LogP contribution in [-0.4, -0.2) is 49.9 Å². The molecule has 1 amide bonds. The number of amides is 1. The predicted octanol–water partition coefficient (Wildman–Crippen LogP) is 2.04. The van der Waals surface area contributed by atoms with Crippen LogP contribution in [0.3, 0.4) is 0 Å². The number of halogens is 1. The van der Waals surface area contributed by atoms with Crippen LogP contribution in [0.1, 0.15) is 37.3 Å². The van der Waals surface area contributed by atoms with Crippen molar-refractivity contribution in [2.24, 2.45) is 0 Å². The highest BCUT2D eigenvalue weighted by molar-refractivity contribution is 7.91. The number of rotatable bonds is 8. The molecule has 1 aliphatic rings. The molecule has 0 bridgehead atoms. The molecule has 1 unspecified atom stereocenters. The number of hydrogen-bond donors (Lipinski definition) is 1. The van der Waals surface area contributed by atoms with Crippen molar-refractivity contribution in [1.29, 1.82) is 0 Å². The van der Waals surface area contributed by atoms with Crippen LogP contribution < -0.4 is 5.32 Å². The zero-order chi connectivity index (χ0) is 18.4. The summed E-state index contributed by atoms with van der Waals surface area (Å²) in [5.74, 6) is -0.119. The van der Waals surface area contributed by atoms with Crippen molar-refractivity contribution in [3.63, 3.8) is 0 Å². The van der Waals surface area contributed by atoms with Crippen molar-refractivity contribution < 1.29 is 17.6 Å². The van der Waals surface area contributed by atoms with E-state index in [1.807, 2.05) is 4.90 Å². The summed E-state index contributed by atoms with van der Waals surface area (Å²) in [5, 5.41) is 2.80. The van der Waals surface area contributed by atoms with Gasteiger partial charge in [0, 0.05) is 12.6 Å². The first kappa shape index (κ1) is 19.8. The van der Waals surface area contributed by atoms with Crippen LogP contribution in [0, 0.1) is 12.7 Å². The predicted molar refractivity (Wildman–Crippen MR) is 96.5 cm³/mol. The Kier molecular flexibility index (Phi) is 6.95. The van der Waals surface area contributed by atoms with Crippen LogP contribution in [0.5, 0.6) is 0 Å². The topological polar surface area (TPSA) is 66.5 Å². The van der Waals surface area contributed by atoms with Gasteiger partial charge >= 0.3 is 0 Å². The van der Waals surface area contributed by atoms with E-state index in [2.05, 4.69) is 12.2 Å². The second-order valence-corrected chi connectivity index (χ2v) is 8.97. The maximum Gasteiger partial charge on any atom is 0.234 e. The molecule has 0 aliphatic carbocycles. The lowest BCUT2D eigenvalue weighted by molar-refractivity contribution is -0.122. The first-order valence-corrected chi connectivity index (χ1v) is 10.6. The van der Waals surface area contributed by atoms with Crippen molar-refractivity contribution in [2.45, 2.75) is 45.7 Å². The zero-order valence-corrected chi connectivity index (χ0v) is 15.7. The minimum Gasteiger partial charge on any atom is -0.351 e. The monoisotopic (exact) mass is 370 g/mol. The van der Waals surface area contributed by atoms with E-state index in [4.69, 9.17) is 0 Å². The summed E-state index contributed by atoms with van der Waals surface area (Å²) in [6.45, 7) is 4.91. The van der Waals surface area contributed by atoms with E-state index in [1.54, 1.807) is 19.1 Å². The molecule has 1 fully saturated rings. The molecular weight excluding hydrogens is 343 g/mol. The van der Waals surface area contributed by atoms with Gasteiger partial charge in [0.05, 0.1) is 18.1 Å². The van der Waals surface area contributed by atoms with Gasteiger partial charge in [-0.25, -0.2) is 12.8 Å². The molecule has 1 saturated heterocycles. The normalized spacial score (nSPS) is 19.3. The Hall–Kier alpha value is -1.47. The third-order valence-corrected chi connectivity index (χ3v) is 6.35. The standard InChI is InChI=1S/C18H27FN2O3S/c1-3-4-8-21(16-7-9-25(23,24)13-16)12-18(22)20-11-15-6-5-14(2)17(19)10-15/h5-6,10,16H,3-4,7-9,11-13H2,1-2H3,(H,20,22). The Morgan fingerprint density at radius 1 is 1.40 bits per heavy atom. The van der Waals surface area contributed by atoms with E-state index >= 15 is 0 Å². The van der Waals surface area contributed by atoms with Gasteiger partial charge < -0.3 is 5.32 Å². The van der Waals surface area contributed by atoms with Gasteiger partial charge in [0.25, 0.3) is 0 Å². The Labute approximate surface area is 149 Å². The summed E-state index contributed by atoms with van der Waals surface area (Å²) >= 11 is 0. The quantitative estimate of drug-likeness (QED) is 0.760. The van der Waals surface area contributed by atoms with E-state index in [9.17, 15) is 17.6 Å². The van der Waals surface area contributed by atoms with E-state index in [-0.39, 0.29) is 42.4 Å². The highest BCUT2D eigenvalue weighted by Crippen LogP contribution is 2.18. The minimum atomic E-state index is -2.98. The van der Waals surface area contributed by atoms with Crippen LogP contribution in [-0.2, 0) is 21.2 Å². The molecule has 5 nitrogen and oxygen atoms in total. The molecule has 140 valence electrons. The molecule has 0 aromatic heterocycles. The van der Waals surface area contributed by atoms with Crippen LogP contribution >= 0.6 is 0 Å². The maximum absolute atomic E-state index is 13.6. The molecule has 1 aromatic rings.